The summed E-state index contributed by atoms with van der Waals surface area (Å²) in [7, 11) is 0. The van der Waals surface area contributed by atoms with Gasteiger partial charge in [0, 0.05) is 57.0 Å². The molecule has 152 valence electrons. The molecule has 0 atom stereocenters. The maximum atomic E-state index is 12.6. The molecule has 9 nitrogen and oxygen atoms in total. The molecular formula is C20H23N5O4. The van der Waals surface area contributed by atoms with Crippen LogP contribution in [0, 0.1) is 10.1 Å². The van der Waals surface area contributed by atoms with Crippen molar-refractivity contribution in [1.29, 1.82) is 0 Å². The van der Waals surface area contributed by atoms with Gasteiger partial charge < -0.3 is 16.0 Å². The van der Waals surface area contributed by atoms with Gasteiger partial charge >= 0.3 is 0 Å². The maximum absolute atomic E-state index is 12.6. The standard InChI is InChI=1S/C20H23N5O4/c26-19(15-5-7-16(8-6-15)25(28)29)23-18-4-2-1-3-17(18)20(27)22-11-14-24-12-9-21-10-13-24/h1-8,21H,9-14H2,(H,22,27)(H,23,26). The smallest absolute Gasteiger partial charge is 0.269 e. The van der Waals surface area contributed by atoms with E-state index < -0.39 is 10.8 Å². The van der Waals surface area contributed by atoms with E-state index in [1.165, 1.54) is 24.3 Å². The van der Waals surface area contributed by atoms with E-state index in [-0.39, 0.29) is 17.2 Å². The third-order valence-electron chi connectivity index (χ3n) is 4.68. The highest BCUT2D eigenvalue weighted by Crippen LogP contribution is 2.18. The normalized spacial score (nSPS) is 14.2. The number of anilines is 1. The number of hydrogen-bond donors (Lipinski definition) is 3. The average molecular weight is 397 g/mol. The fraction of sp³-hybridized carbons (Fsp3) is 0.300. The fourth-order valence-electron chi connectivity index (χ4n) is 3.08. The molecule has 1 aliphatic rings. The van der Waals surface area contributed by atoms with Gasteiger partial charge in [0.05, 0.1) is 16.2 Å². The van der Waals surface area contributed by atoms with Crippen LogP contribution < -0.4 is 16.0 Å². The Bertz CT molecular complexity index is 879. The van der Waals surface area contributed by atoms with Gasteiger partial charge in [-0.1, -0.05) is 12.1 Å². The molecule has 1 saturated heterocycles. The first-order valence-electron chi connectivity index (χ1n) is 9.41. The third-order valence-corrected chi connectivity index (χ3v) is 4.68. The molecule has 2 aromatic rings. The molecular weight excluding hydrogens is 374 g/mol. The maximum Gasteiger partial charge on any atom is 0.269 e. The van der Waals surface area contributed by atoms with Gasteiger partial charge in [-0.3, -0.25) is 24.6 Å². The number of nitrogens with zero attached hydrogens (tertiary/aromatic N) is 2. The van der Waals surface area contributed by atoms with Crippen LogP contribution in [0.3, 0.4) is 0 Å². The zero-order chi connectivity index (χ0) is 20.6. The highest BCUT2D eigenvalue weighted by atomic mass is 16.6. The Hall–Kier alpha value is -3.30. The summed E-state index contributed by atoms with van der Waals surface area (Å²) in [6.07, 6.45) is 0. The largest absolute Gasteiger partial charge is 0.351 e. The summed E-state index contributed by atoms with van der Waals surface area (Å²) in [5, 5.41) is 19.6. The molecule has 1 heterocycles. The van der Waals surface area contributed by atoms with Crippen molar-refractivity contribution in [2.75, 3.05) is 44.6 Å². The van der Waals surface area contributed by atoms with Crippen molar-refractivity contribution in [2.24, 2.45) is 0 Å². The molecule has 0 aliphatic carbocycles. The first kappa shape index (κ1) is 20.4. The fourth-order valence-corrected chi connectivity index (χ4v) is 3.08. The number of carbonyl (C=O) groups excluding carboxylic acids is 2. The summed E-state index contributed by atoms with van der Waals surface area (Å²) >= 11 is 0. The number of hydrogen-bond acceptors (Lipinski definition) is 6. The molecule has 0 bridgehead atoms. The Morgan fingerprint density at radius 3 is 2.41 bits per heavy atom. The topological polar surface area (TPSA) is 117 Å². The highest BCUT2D eigenvalue weighted by Gasteiger charge is 2.15. The van der Waals surface area contributed by atoms with E-state index in [0.717, 1.165) is 32.7 Å². The van der Waals surface area contributed by atoms with Gasteiger partial charge in [-0.25, -0.2) is 0 Å². The zero-order valence-corrected chi connectivity index (χ0v) is 15.9. The number of amides is 2. The van der Waals surface area contributed by atoms with E-state index in [1.54, 1.807) is 24.3 Å². The van der Waals surface area contributed by atoms with Gasteiger partial charge in [-0.15, -0.1) is 0 Å². The lowest BCUT2D eigenvalue weighted by Crippen LogP contribution is -2.46. The summed E-state index contributed by atoms with van der Waals surface area (Å²) in [5.41, 5.74) is 0.925. The minimum atomic E-state index is -0.526. The lowest BCUT2D eigenvalue weighted by atomic mass is 10.1. The Morgan fingerprint density at radius 2 is 1.72 bits per heavy atom. The lowest BCUT2D eigenvalue weighted by Gasteiger charge is -2.27. The Balaban J connectivity index is 1.60. The van der Waals surface area contributed by atoms with Crippen LogP contribution in [0.15, 0.2) is 48.5 Å². The van der Waals surface area contributed by atoms with Crippen LogP contribution >= 0.6 is 0 Å². The van der Waals surface area contributed by atoms with Crippen LogP contribution in [0.4, 0.5) is 11.4 Å². The highest BCUT2D eigenvalue weighted by molar-refractivity contribution is 6.09. The first-order chi connectivity index (χ1) is 14.0. The molecule has 0 aromatic heterocycles. The number of piperazine rings is 1. The van der Waals surface area contributed by atoms with Crippen molar-refractivity contribution in [2.45, 2.75) is 0 Å². The summed E-state index contributed by atoms with van der Waals surface area (Å²) in [6.45, 7) is 5.10. The molecule has 1 aliphatic heterocycles. The Morgan fingerprint density at radius 1 is 1.03 bits per heavy atom. The molecule has 29 heavy (non-hydrogen) atoms. The number of nitro benzene ring substituents is 1. The molecule has 0 unspecified atom stereocenters. The van der Waals surface area contributed by atoms with E-state index in [4.69, 9.17) is 0 Å². The van der Waals surface area contributed by atoms with Crippen molar-refractivity contribution >= 4 is 23.2 Å². The van der Waals surface area contributed by atoms with E-state index in [2.05, 4.69) is 20.9 Å². The van der Waals surface area contributed by atoms with Crippen molar-refractivity contribution < 1.29 is 14.5 Å². The summed E-state index contributed by atoms with van der Waals surface area (Å²) in [4.78, 5) is 37.5. The lowest BCUT2D eigenvalue weighted by molar-refractivity contribution is -0.384. The minimum absolute atomic E-state index is 0.0918. The van der Waals surface area contributed by atoms with Gasteiger partial charge in [0.2, 0.25) is 0 Å². The average Bonchev–Trinajstić information content (AvgIpc) is 2.75. The van der Waals surface area contributed by atoms with E-state index in [0.29, 0.717) is 17.8 Å². The molecule has 2 aromatic carbocycles. The molecule has 3 N–H and O–H groups in total. The van der Waals surface area contributed by atoms with Gasteiger partial charge in [0.1, 0.15) is 0 Å². The van der Waals surface area contributed by atoms with Gasteiger partial charge in [-0.05, 0) is 24.3 Å². The van der Waals surface area contributed by atoms with Crippen molar-refractivity contribution in [3.63, 3.8) is 0 Å². The first-order valence-corrected chi connectivity index (χ1v) is 9.41. The molecule has 0 saturated carbocycles. The van der Waals surface area contributed by atoms with Crippen molar-refractivity contribution in [3.05, 3.63) is 69.8 Å². The molecule has 0 spiro atoms. The number of para-hydroxylation sites is 1. The zero-order valence-electron chi connectivity index (χ0n) is 15.9. The van der Waals surface area contributed by atoms with Gasteiger partial charge in [0.15, 0.2) is 0 Å². The summed E-state index contributed by atoms with van der Waals surface area (Å²) < 4.78 is 0. The molecule has 3 rings (SSSR count). The van der Waals surface area contributed by atoms with Crippen molar-refractivity contribution in [3.8, 4) is 0 Å². The second-order valence-electron chi connectivity index (χ2n) is 6.65. The van der Waals surface area contributed by atoms with Crippen molar-refractivity contribution in [1.82, 2.24) is 15.5 Å². The van der Waals surface area contributed by atoms with Crippen LogP contribution in [0.2, 0.25) is 0 Å². The second kappa shape index (κ2) is 9.76. The molecule has 9 heteroatoms. The number of benzene rings is 2. The summed E-state index contributed by atoms with van der Waals surface area (Å²) in [5.74, 6) is -0.708. The van der Waals surface area contributed by atoms with Gasteiger partial charge in [-0.2, -0.15) is 0 Å². The van der Waals surface area contributed by atoms with Crippen LogP contribution in [-0.4, -0.2) is 60.9 Å². The monoisotopic (exact) mass is 397 g/mol. The SMILES string of the molecule is O=C(Nc1ccccc1C(=O)NCCN1CCNCC1)c1ccc([N+](=O)[O-])cc1. The van der Waals surface area contributed by atoms with Crippen LogP contribution in [0.5, 0.6) is 0 Å². The van der Waals surface area contributed by atoms with Crippen LogP contribution in [-0.2, 0) is 0 Å². The predicted molar refractivity (Wildman–Crippen MR) is 109 cm³/mol. The number of non-ortho nitro benzene ring substituents is 1. The number of nitro groups is 1. The Kier molecular flexibility index (Phi) is 6.88. The number of carbonyl (C=O) groups is 2. The number of nitrogens with one attached hydrogen (secondary N) is 3. The molecule has 2 amide bonds. The van der Waals surface area contributed by atoms with Gasteiger partial charge in [0.25, 0.3) is 17.5 Å². The Labute approximate surface area is 168 Å². The van der Waals surface area contributed by atoms with E-state index in [9.17, 15) is 19.7 Å². The predicted octanol–water partition coefficient (Wildman–Crippen LogP) is 1.48. The van der Waals surface area contributed by atoms with Crippen LogP contribution in [0.1, 0.15) is 20.7 Å². The third kappa shape index (κ3) is 5.59. The molecule has 1 fully saturated rings. The van der Waals surface area contributed by atoms with E-state index in [1.807, 2.05) is 0 Å². The summed E-state index contributed by atoms with van der Waals surface area (Å²) in [6, 6.07) is 12.0. The number of rotatable bonds is 7. The van der Waals surface area contributed by atoms with E-state index >= 15 is 0 Å². The second-order valence-corrected chi connectivity index (χ2v) is 6.65. The quantitative estimate of drug-likeness (QED) is 0.481. The van der Waals surface area contributed by atoms with Crippen LogP contribution in [0.25, 0.3) is 0 Å². The molecule has 0 radical (unpaired) electrons. The minimum Gasteiger partial charge on any atom is -0.351 e.